The van der Waals surface area contributed by atoms with Crippen LogP contribution in [0.1, 0.15) is 48.8 Å². The Bertz CT molecular complexity index is 680. The van der Waals surface area contributed by atoms with Crippen LogP contribution in [0.25, 0.3) is 0 Å². The molecule has 6 heteroatoms. The first-order valence-corrected chi connectivity index (χ1v) is 10.7. The van der Waals surface area contributed by atoms with Crippen LogP contribution in [0.15, 0.2) is 24.3 Å². The second-order valence-electron chi connectivity index (χ2n) is 7.92. The van der Waals surface area contributed by atoms with E-state index in [9.17, 15) is 9.90 Å². The molecule has 1 aliphatic carbocycles. The predicted octanol–water partition coefficient (Wildman–Crippen LogP) is 4.63. The number of ether oxygens (including phenoxy) is 2. The summed E-state index contributed by atoms with van der Waals surface area (Å²) in [7, 11) is 1.69. The molecule has 0 amide bonds. The normalized spacial score (nSPS) is 24.3. The number of allylic oxidation sites excluding steroid dienone is 2. The average Bonchev–Trinajstić information content (AvgIpc) is 2.92. The molecular formula is C23H33ClO5. The molecule has 29 heavy (non-hydrogen) atoms. The maximum Gasteiger partial charge on any atom is 0.303 e. The van der Waals surface area contributed by atoms with E-state index < -0.39 is 12.1 Å². The van der Waals surface area contributed by atoms with E-state index in [0.717, 1.165) is 29.7 Å². The zero-order valence-electron chi connectivity index (χ0n) is 17.6. The van der Waals surface area contributed by atoms with Crippen LogP contribution in [0.4, 0.5) is 0 Å². The number of carboxylic acids is 1. The third-order valence-electron chi connectivity index (χ3n) is 5.71. The summed E-state index contributed by atoms with van der Waals surface area (Å²) >= 11 is 6.50. The number of halogens is 1. The number of carbonyl (C=O) groups is 1. The molecule has 5 nitrogen and oxygen atoms in total. The predicted molar refractivity (Wildman–Crippen MR) is 115 cm³/mol. The summed E-state index contributed by atoms with van der Waals surface area (Å²) in [6.45, 7) is 5.09. The van der Waals surface area contributed by atoms with Gasteiger partial charge < -0.3 is 19.7 Å². The molecule has 1 aromatic rings. The third-order valence-corrected chi connectivity index (χ3v) is 6.21. The molecule has 0 aliphatic heterocycles. The number of aliphatic hydroxyl groups excluding tert-OH is 1. The largest absolute Gasteiger partial charge is 0.493 e. The van der Waals surface area contributed by atoms with Crippen LogP contribution in [0.3, 0.4) is 0 Å². The summed E-state index contributed by atoms with van der Waals surface area (Å²) in [5.41, 5.74) is 3.43. The topological polar surface area (TPSA) is 76.0 Å². The van der Waals surface area contributed by atoms with Crippen molar-refractivity contribution in [3.05, 3.63) is 41.0 Å². The molecule has 0 radical (unpaired) electrons. The number of hydrogen-bond donors (Lipinski definition) is 2. The van der Waals surface area contributed by atoms with Gasteiger partial charge in [0.1, 0.15) is 5.75 Å². The van der Waals surface area contributed by atoms with Crippen LogP contribution < -0.4 is 4.74 Å². The highest BCUT2D eigenvalue weighted by Gasteiger charge is 2.41. The van der Waals surface area contributed by atoms with Crippen LogP contribution in [0.2, 0.25) is 0 Å². The summed E-state index contributed by atoms with van der Waals surface area (Å²) in [6, 6.07) is 4.02. The fourth-order valence-electron chi connectivity index (χ4n) is 4.03. The number of methoxy groups -OCH3 is 1. The van der Waals surface area contributed by atoms with Crippen LogP contribution >= 0.6 is 11.6 Å². The summed E-state index contributed by atoms with van der Waals surface area (Å²) in [6.07, 6.45) is 6.48. The monoisotopic (exact) mass is 424 g/mol. The van der Waals surface area contributed by atoms with Gasteiger partial charge in [-0.05, 0) is 74.3 Å². The Morgan fingerprint density at radius 3 is 2.55 bits per heavy atom. The lowest BCUT2D eigenvalue weighted by atomic mass is 9.92. The van der Waals surface area contributed by atoms with Gasteiger partial charge in [0.05, 0.1) is 19.3 Å². The van der Waals surface area contributed by atoms with E-state index in [2.05, 4.69) is 6.08 Å². The van der Waals surface area contributed by atoms with Gasteiger partial charge in [-0.15, -0.1) is 11.6 Å². The Morgan fingerprint density at radius 2 is 1.93 bits per heavy atom. The van der Waals surface area contributed by atoms with E-state index in [0.29, 0.717) is 26.1 Å². The van der Waals surface area contributed by atoms with Crippen LogP contribution in [-0.4, -0.2) is 41.4 Å². The quantitative estimate of drug-likeness (QED) is 0.307. The number of aliphatic hydroxyl groups is 1. The molecule has 2 N–H and O–H groups in total. The number of aliphatic carboxylic acids is 1. The van der Waals surface area contributed by atoms with Gasteiger partial charge >= 0.3 is 5.97 Å². The first kappa shape index (κ1) is 23.7. The van der Waals surface area contributed by atoms with Crippen molar-refractivity contribution < 1.29 is 24.5 Å². The Morgan fingerprint density at radius 1 is 1.24 bits per heavy atom. The number of aryl methyl sites for hydroxylation is 2. The number of hydrogen-bond acceptors (Lipinski definition) is 4. The fourth-order valence-corrected chi connectivity index (χ4v) is 4.51. The molecule has 0 heterocycles. The van der Waals surface area contributed by atoms with Gasteiger partial charge in [0.2, 0.25) is 0 Å². The van der Waals surface area contributed by atoms with Crippen molar-refractivity contribution in [2.75, 3.05) is 13.7 Å². The first-order chi connectivity index (χ1) is 13.8. The van der Waals surface area contributed by atoms with E-state index in [1.54, 1.807) is 7.11 Å². The molecule has 0 bridgehead atoms. The maximum absolute atomic E-state index is 10.6. The minimum absolute atomic E-state index is 0.0274. The fraction of sp³-hybridized carbons (Fsp3) is 0.609. The van der Waals surface area contributed by atoms with Gasteiger partial charge in [0.15, 0.2) is 0 Å². The molecule has 0 spiro atoms. The summed E-state index contributed by atoms with van der Waals surface area (Å²) < 4.78 is 11.3. The lowest BCUT2D eigenvalue weighted by Crippen LogP contribution is -2.27. The van der Waals surface area contributed by atoms with E-state index in [1.165, 1.54) is 5.56 Å². The highest BCUT2D eigenvalue weighted by molar-refractivity contribution is 6.21. The molecule has 1 saturated carbocycles. The van der Waals surface area contributed by atoms with Crippen molar-refractivity contribution in [2.45, 2.75) is 64.0 Å². The average molecular weight is 425 g/mol. The number of alkyl halides is 1. The molecule has 1 aliphatic rings. The number of benzene rings is 1. The molecule has 1 aromatic carbocycles. The molecule has 162 valence electrons. The van der Waals surface area contributed by atoms with Gasteiger partial charge in [-0.3, -0.25) is 4.79 Å². The van der Waals surface area contributed by atoms with Crippen LogP contribution in [0.5, 0.6) is 5.75 Å². The first-order valence-electron chi connectivity index (χ1n) is 10.2. The Balaban J connectivity index is 1.93. The number of unbranched alkanes of at least 4 members (excludes halogenated alkanes) is 1. The van der Waals surface area contributed by atoms with Crippen molar-refractivity contribution in [1.29, 1.82) is 0 Å². The molecule has 2 rings (SSSR count). The van der Waals surface area contributed by atoms with Gasteiger partial charge in [0.25, 0.3) is 0 Å². The molecule has 0 unspecified atom stereocenters. The Kier molecular flexibility index (Phi) is 9.47. The SMILES string of the molecule is COCc1c(C)cc(OC[C@@H]2[C@@H](CC=CCCCC(=O)O)[C@H](Cl)C[C@H]2O)cc1C. The molecule has 0 saturated heterocycles. The van der Waals surface area contributed by atoms with Crippen molar-refractivity contribution in [2.24, 2.45) is 11.8 Å². The van der Waals surface area contributed by atoms with Crippen molar-refractivity contribution in [3.63, 3.8) is 0 Å². The van der Waals surface area contributed by atoms with Crippen molar-refractivity contribution in [1.82, 2.24) is 0 Å². The molecule has 4 atom stereocenters. The minimum atomic E-state index is -0.768. The summed E-state index contributed by atoms with van der Waals surface area (Å²) in [5, 5.41) is 19.1. The summed E-state index contributed by atoms with van der Waals surface area (Å²) in [4.78, 5) is 10.6. The lowest BCUT2D eigenvalue weighted by molar-refractivity contribution is -0.137. The second-order valence-corrected chi connectivity index (χ2v) is 8.48. The Hall–Kier alpha value is -1.56. The number of rotatable bonds is 11. The number of carboxylic acid groups (broad SMARTS) is 1. The minimum Gasteiger partial charge on any atom is -0.493 e. The highest BCUT2D eigenvalue weighted by atomic mass is 35.5. The third kappa shape index (κ3) is 7.02. The maximum atomic E-state index is 10.6. The van der Waals surface area contributed by atoms with E-state index in [1.807, 2.05) is 32.1 Å². The van der Waals surface area contributed by atoms with Crippen LogP contribution in [0, 0.1) is 25.7 Å². The van der Waals surface area contributed by atoms with Gasteiger partial charge in [-0.1, -0.05) is 12.2 Å². The zero-order valence-corrected chi connectivity index (χ0v) is 18.3. The summed E-state index contributed by atoms with van der Waals surface area (Å²) in [5.74, 6) is 0.141. The van der Waals surface area contributed by atoms with E-state index >= 15 is 0 Å². The Labute approximate surface area is 178 Å². The van der Waals surface area contributed by atoms with Gasteiger partial charge in [-0.2, -0.15) is 0 Å². The lowest BCUT2D eigenvalue weighted by Gasteiger charge is -2.23. The van der Waals surface area contributed by atoms with Gasteiger partial charge in [0, 0.05) is 24.8 Å². The van der Waals surface area contributed by atoms with Crippen molar-refractivity contribution in [3.8, 4) is 5.75 Å². The second kappa shape index (κ2) is 11.6. The van der Waals surface area contributed by atoms with E-state index in [4.69, 9.17) is 26.2 Å². The van der Waals surface area contributed by atoms with Crippen LogP contribution in [-0.2, 0) is 16.1 Å². The van der Waals surface area contributed by atoms with Crippen molar-refractivity contribution >= 4 is 17.6 Å². The van der Waals surface area contributed by atoms with Gasteiger partial charge in [-0.25, -0.2) is 0 Å². The van der Waals surface area contributed by atoms with E-state index in [-0.39, 0.29) is 23.6 Å². The smallest absolute Gasteiger partial charge is 0.303 e. The molecule has 0 aromatic heterocycles. The highest BCUT2D eigenvalue weighted by Crippen LogP contribution is 2.39. The standard InChI is InChI=1S/C23H33ClO5/c1-15-10-17(11-16(2)19(15)13-28-3)29-14-20-18(21(24)12-22(20)25)8-6-4-5-7-9-23(26)27/h4,6,10-11,18,20-22,25H,5,7-9,12-14H2,1-3H3,(H,26,27)/t18-,20-,21-,22-/m1/s1. The zero-order chi connectivity index (χ0) is 21.4. The molecular weight excluding hydrogens is 392 g/mol. The molecule has 1 fully saturated rings.